The van der Waals surface area contributed by atoms with Crippen molar-refractivity contribution in [3.63, 3.8) is 0 Å². The molecule has 0 radical (unpaired) electrons. The number of carbonyl (C=O) groups excluding carboxylic acids is 2. The van der Waals surface area contributed by atoms with Crippen LogP contribution in [0.25, 0.3) is 0 Å². The minimum atomic E-state index is -4.25. The molecule has 0 bridgehead atoms. The average molecular weight is 608 g/mol. The number of hydrogen-bond donors (Lipinski definition) is 4. The van der Waals surface area contributed by atoms with Crippen LogP contribution in [0.15, 0.2) is 35.2 Å². The van der Waals surface area contributed by atoms with Gasteiger partial charge in [-0.05, 0) is 63.8 Å². The fourth-order valence-corrected chi connectivity index (χ4v) is 5.82. The minimum Gasteiger partial charge on any atom is -0.504 e. The van der Waals surface area contributed by atoms with Crippen molar-refractivity contribution in [3.8, 4) is 5.75 Å². The standard InChI is InChI=1S/C24H29Cl3N4O6S/c1-24(2,3)37-23(34)31-11-9-14(10-12-31)13-28-38(35,36)21-16(26)7-8-18(20(21)32)30-22(33)29-17-6-4-5-15(25)19(17)27/h4-8,14,28,32H,9-13H2,1-3H3,(H2,29,30,33). The van der Waals surface area contributed by atoms with Gasteiger partial charge in [0.1, 0.15) is 10.5 Å². The Morgan fingerprint density at radius 3 is 2.29 bits per heavy atom. The van der Waals surface area contributed by atoms with E-state index in [0.717, 1.165) is 0 Å². The number of nitrogens with one attached hydrogen (secondary N) is 3. The maximum Gasteiger partial charge on any atom is 0.410 e. The first-order valence-corrected chi connectivity index (χ1v) is 14.3. The first kappa shape index (κ1) is 30.1. The highest BCUT2D eigenvalue weighted by atomic mass is 35.5. The summed E-state index contributed by atoms with van der Waals surface area (Å²) in [7, 11) is -4.25. The molecule has 1 aliphatic heterocycles. The van der Waals surface area contributed by atoms with E-state index in [2.05, 4.69) is 15.4 Å². The summed E-state index contributed by atoms with van der Waals surface area (Å²) >= 11 is 18.1. The van der Waals surface area contributed by atoms with Crippen molar-refractivity contribution < 1.29 is 27.9 Å². The van der Waals surface area contributed by atoms with Gasteiger partial charge in [0.05, 0.1) is 26.4 Å². The van der Waals surface area contributed by atoms with E-state index in [1.807, 2.05) is 0 Å². The smallest absolute Gasteiger partial charge is 0.410 e. The van der Waals surface area contributed by atoms with Crippen molar-refractivity contribution in [1.82, 2.24) is 9.62 Å². The highest BCUT2D eigenvalue weighted by Crippen LogP contribution is 2.37. The lowest BCUT2D eigenvalue weighted by molar-refractivity contribution is 0.0185. The van der Waals surface area contributed by atoms with Gasteiger partial charge in [0, 0.05) is 19.6 Å². The Bertz CT molecular complexity index is 1310. The molecule has 2 aromatic carbocycles. The van der Waals surface area contributed by atoms with Crippen LogP contribution in [0.1, 0.15) is 33.6 Å². The minimum absolute atomic E-state index is 0.0427. The Kier molecular flexibility index (Phi) is 9.64. The van der Waals surface area contributed by atoms with E-state index in [4.69, 9.17) is 39.5 Å². The van der Waals surface area contributed by atoms with Crippen LogP contribution in [0.4, 0.5) is 21.0 Å². The zero-order chi connectivity index (χ0) is 28.3. The molecule has 0 unspecified atom stereocenters. The van der Waals surface area contributed by atoms with Crippen molar-refractivity contribution >= 4 is 68.3 Å². The molecule has 1 saturated heterocycles. The Morgan fingerprint density at radius 2 is 1.66 bits per heavy atom. The lowest BCUT2D eigenvalue weighted by atomic mass is 9.97. The molecule has 1 heterocycles. The Balaban J connectivity index is 1.64. The molecule has 2 aromatic rings. The molecule has 38 heavy (non-hydrogen) atoms. The summed E-state index contributed by atoms with van der Waals surface area (Å²) < 4.78 is 34.0. The second-order valence-corrected chi connectivity index (χ2v) is 12.6. The van der Waals surface area contributed by atoms with E-state index < -0.39 is 38.4 Å². The molecule has 1 aliphatic rings. The van der Waals surface area contributed by atoms with Crippen molar-refractivity contribution in [3.05, 3.63) is 45.4 Å². The number of carbonyl (C=O) groups is 2. The fraction of sp³-hybridized carbons (Fsp3) is 0.417. The van der Waals surface area contributed by atoms with E-state index in [1.54, 1.807) is 37.8 Å². The zero-order valence-electron chi connectivity index (χ0n) is 21.0. The third kappa shape index (κ3) is 7.79. The monoisotopic (exact) mass is 606 g/mol. The number of nitrogens with zero attached hydrogens (tertiary/aromatic N) is 1. The number of anilines is 2. The van der Waals surface area contributed by atoms with Gasteiger partial charge in [-0.3, -0.25) is 0 Å². The van der Waals surface area contributed by atoms with Crippen LogP contribution >= 0.6 is 34.8 Å². The van der Waals surface area contributed by atoms with Crippen LogP contribution in [0.5, 0.6) is 5.75 Å². The lowest BCUT2D eigenvalue weighted by Gasteiger charge is -2.33. The van der Waals surface area contributed by atoms with Gasteiger partial charge in [0.2, 0.25) is 10.0 Å². The van der Waals surface area contributed by atoms with Crippen molar-refractivity contribution in [2.45, 2.75) is 44.1 Å². The lowest BCUT2D eigenvalue weighted by Crippen LogP contribution is -2.43. The molecular formula is C24H29Cl3N4O6S. The number of likely N-dealkylation sites (tertiary alicyclic amines) is 1. The number of aromatic hydroxyl groups is 1. The van der Waals surface area contributed by atoms with Gasteiger partial charge in [-0.15, -0.1) is 0 Å². The van der Waals surface area contributed by atoms with Gasteiger partial charge >= 0.3 is 12.1 Å². The second kappa shape index (κ2) is 12.2. The number of rotatable bonds is 6. The fourth-order valence-electron chi connectivity index (χ4n) is 3.73. The van der Waals surface area contributed by atoms with Crippen LogP contribution in [0.2, 0.25) is 15.1 Å². The number of ether oxygens (including phenoxy) is 1. The SMILES string of the molecule is CC(C)(C)OC(=O)N1CCC(CNS(=O)(=O)c2c(Cl)ccc(NC(=O)Nc3cccc(Cl)c3Cl)c2O)CC1. The van der Waals surface area contributed by atoms with E-state index in [9.17, 15) is 23.1 Å². The molecule has 3 rings (SSSR count). The predicted molar refractivity (Wildman–Crippen MR) is 148 cm³/mol. The number of phenolic OH excluding ortho intramolecular Hbond substituents is 1. The Hall–Kier alpha value is -2.44. The molecule has 0 aliphatic carbocycles. The first-order valence-electron chi connectivity index (χ1n) is 11.7. The molecule has 4 N–H and O–H groups in total. The number of piperidine rings is 1. The molecule has 208 valence electrons. The maximum absolute atomic E-state index is 13.1. The van der Waals surface area contributed by atoms with E-state index in [0.29, 0.717) is 25.9 Å². The molecule has 0 spiro atoms. The van der Waals surface area contributed by atoms with Crippen LogP contribution in [0.3, 0.4) is 0 Å². The van der Waals surface area contributed by atoms with Crippen LogP contribution in [-0.4, -0.2) is 55.8 Å². The molecule has 0 saturated carbocycles. The molecule has 14 heteroatoms. The molecule has 3 amide bonds. The third-order valence-corrected chi connectivity index (χ3v) is 8.37. The number of urea groups is 1. The van der Waals surface area contributed by atoms with Gasteiger partial charge in [-0.25, -0.2) is 22.7 Å². The molecule has 1 fully saturated rings. The normalized spacial score (nSPS) is 14.7. The third-order valence-electron chi connectivity index (χ3n) is 5.63. The summed E-state index contributed by atoms with van der Waals surface area (Å²) in [5.41, 5.74) is -0.564. The molecule has 10 nitrogen and oxygen atoms in total. The van der Waals surface area contributed by atoms with Crippen LogP contribution < -0.4 is 15.4 Å². The predicted octanol–water partition coefficient (Wildman–Crippen LogP) is 5.92. The largest absolute Gasteiger partial charge is 0.504 e. The molecular weight excluding hydrogens is 579 g/mol. The van der Waals surface area contributed by atoms with Crippen LogP contribution in [0, 0.1) is 5.92 Å². The van der Waals surface area contributed by atoms with E-state index >= 15 is 0 Å². The molecule has 0 atom stereocenters. The number of hydrogen-bond acceptors (Lipinski definition) is 6. The Morgan fingerprint density at radius 1 is 1.03 bits per heavy atom. The summed E-state index contributed by atoms with van der Waals surface area (Å²) in [6.45, 7) is 6.30. The van der Waals surface area contributed by atoms with Crippen molar-refractivity contribution in [2.75, 3.05) is 30.3 Å². The summed E-state index contributed by atoms with van der Waals surface area (Å²) in [6, 6.07) is 6.38. The summed E-state index contributed by atoms with van der Waals surface area (Å²) in [4.78, 5) is 25.7. The van der Waals surface area contributed by atoms with Gasteiger partial charge in [-0.1, -0.05) is 40.9 Å². The Labute approximate surface area is 236 Å². The number of phenols is 1. The summed E-state index contributed by atoms with van der Waals surface area (Å²) in [5.74, 6) is -0.768. The van der Waals surface area contributed by atoms with Gasteiger partial charge in [0.25, 0.3) is 0 Å². The molecule has 0 aromatic heterocycles. The zero-order valence-corrected chi connectivity index (χ0v) is 24.1. The van der Waals surface area contributed by atoms with Gasteiger partial charge < -0.3 is 25.4 Å². The maximum atomic E-state index is 13.1. The highest BCUT2D eigenvalue weighted by molar-refractivity contribution is 7.89. The van der Waals surface area contributed by atoms with Crippen molar-refractivity contribution in [1.29, 1.82) is 0 Å². The summed E-state index contributed by atoms with van der Waals surface area (Å²) in [5, 5.41) is 15.7. The number of halogens is 3. The van der Waals surface area contributed by atoms with E-state index in [1.165, 1.54) is 18.2 Å². The van der Waals surface area contributed by atoms with Crippen molar-refractivity contribution in [2.24, 2.45) is 5.92 Å². The van der Waals surface area contributed by atoms with Crippen LogP contribution in [-0.2, 0) is 14.8 Å². The number of sulfonamides is 1. The number of amides is 3. The highest BCUT2D eigenvalue weighted by Gasteiger charge is 2.30. The average Bonchev–Trinajstić information content (AvgIpc) is 2.82. The second-order valence-electron chi connectivity index (χ2n) is 9.72. The van der Waals surface area contributed by atoms with Gasteiger partial charge in [-0.2, -0.15) is 0 Å². The topological polar surface area (TPSA) is 137 Å². The van der Waals surface area contributed by atoms with Gasteiger partial charge in [0.15, 0.2) is 5.75 Å². The quantitative estimate of drug-likeness (QED) is 0.301. The van der Waals surface area contributed by atoms with E-state index in [-0.39, 0.29) is 38.9 Å². The summed E-state index contributed by atoms with van der Waals surface area (Å²) in [6.07, 6.45) is 0.726. The first-order chi connectivity index (χ1) is 17.7. The number of benzene rings is 2.